The molecule has 0 aromatic rings. The molecule has 0 N–H and O–H groups in total. The summed E-state index contributed by atoms with van der Waals surface area (Å²) in [5.74, 6) is -0.453. The number of likely N-dealkylation sites (tertiary alicyclic amines) is 1. The minimum absolute atomic E-state index is 0.0444. The van der Waals surface area contributed by atoms with Crippen molar-refractivity contribution in [1.82, 2.24) is 9.80 Å². The van der Waals surface area contributed by atoms with Gasteiger partial charge in [-0.15, -0.1) is 0 Å². The lowest BCUT2D eigenvalue weighted by Crippen LogP contribution is -2.43. The van der Waals surface area contributed by atoms with Gasteiger partial charge < -0.3 is 9.64 Å². The molecule has 2 aliphatic heterocycles. The van der Waals surface area contributed by atoms with E-state index in [9.17, 15) is 18.0 Å². The van der Waals surface area contributed by atoms with Gasteiger partial charge in [-0.3, -0.25) is 14.5 Å². The number of rotatable bonds is 4. The standard InChI is InChI=1S/C15H26N2O5S/c18-14(17-6-4-2-1-3-5-7-17)13-22-15(19)12-16-8-10-23(20,21)11-9-16/h1-13H2. The zero-order valence-corrected chi connectivity index (χ0v) is 14.4. The number of nitrogens with zero attached hydrogens (tertiary/aromatic N) is 2. The monoisotopic (exact) mass is 346 g/mol. The highest BCUT2D eigenvalue weighted by Gasteiger charge is 2.24. The van der Waals surface area contributed by atoms with E-state index in [4.69, 9.17) is 4.74 Å². The predicted octanol–water partition coefficient (Wildman–Crippen LogP) is 0.0527. The van der Waals surface area contributed by atoms with Crippen molar-refractivity contribution in [3.8, 4) is 0 Å². The van der Waals surface area contributed by atoms with Crippen LogP contribution in [0.4, 0.5) is 0 Å². The third kappa shape index (κ3) is 6.47. The zero-order chi connectivity index (χ0) is 16.7. The maximum absolute atomic E-state index is 12.1. The second kappa shape index (κ2) is 8.63. The van der Waals surface area contributed by atoms with E-state index in [-0.39, 0.29) is 30.6 Å². The Morgan fingerprint density at radius 2 is 1.43 bits per heavy atom. The van der Waals surface area contributed by atoms with Gasteiger partial charge in [-0.25, -0.2) is 8.42 Å². The van der Waals surface area contributed by atoms with Crippen molar-refractivity contribution in [1.29, 1.82) is 0 Å². The number of ether oxygens (including phenoxy) is 1. The molecule has 0 saturated carbocycles. The minimum atomic E-state index is -2.95. The van der Waals surface area contributed by atoms with Crippen LogP contribution in [0.3, 0.4) is 0 Å². The van der Waals surface area contributed by atoms with E-state index < -0.39 is 15.8 Å². The highest BCUT2D eigenvalue weighted by molar-refractivity contribution is 7.91. The second-order valence-corrected chi connectivity index (χ2v) is 8.54. The first-order chi connectivity index (χ1) is 11.0. The summed E-state index contributed by atoms with van der Waals surface area (Å²) >= 11 is 0. The third-order valence-corrected chi connectivity index (χ3v) is 5.96. The summed E-state index contributed by atoms with van der Waals surface area (Å²) in [6, 6.07) is 0. The number of amides is 1. The van der Waals surface area contributed by atoms with E-state index in [1.165, 1.54) is 6.42 Å². The molecular formula is C15H26N2O5S. The molecular weight excluding hydrogens is 320 g/mol. The molecule has 2 aliphatic rings. The number of carbonyl (C=O) groups is 2. The highest BCUT2D eigenvalue weighted by atomic mass is 32.2. The molecule has 0 aromatic carbocycles. The minimum Gasteiger partial charge on any atom is -0.455 e. The fourth-order valence-corrected chi connectivity index (χ4v) is 4.14. The molecule has 132 valence electrons. The fraction of sp³-hybridized carbons (Fsp3) is 0.867. The molecule has 0 unspecified atom stereocenters. The van der Waals surface area contributed by atoms with E-state index in [0.29, 0.717) is 13.1 Å². The summed E-state index contributed by atoms with van der Waals surface area (Å²) in [7, 11) is -2.95. The maximum atomic E-state index is 12.1. The summed E-state index contributed by atoms with van der Waals surface area (Å²) < 4.78 is 27.7. The van der Waals surface area contributed by atoms with E-state index in [1.54, 1.807) is 9.80 Å². The van der Waals surface area contributed by atoms with Crippen molar-refractivity contribution >= 4 is 21.7 Å². The van der Waals surface area contributed by atoms with Gasteiger partial charge in [0, 0.05) is 26.2 Å². The Labute approximate surface area is 137 Å². The van der Waals surface area contributed by atoms with Crippen molar-refractivity contribution < 1.29 is 22.7 Å². The van der Waals surface area contributed by atoms with Gasteiger partial charge in [-0.05, 0) is 12.8 Å². The van der Waals surface area contributed by atoms with Gasteiger partial charge in [0.25, 0.3) is 5.91 Å². The molecule has 0 spiro atoms. The number of sulfone groups is 1. The first kappa shape index (κ1) is 18.2. The molecule has 0 aromatic heterocycles. The van der Waals surface area contributed by atoms with E-state index in [1.807, 2.05) is 0 Å². The first-order valence-corrected chi connectivity index (χ1v) is 10.1. The van der Waals surface area contributed by atoms with Crippen LogP contribution in [-0.2, 0) is 24.2 Å². The molecule has 2 fully saturated rings. The van der Waals surface area contributed by atoms with Gasteiger partial charge in [0.15, 0.2) is 16.4 Å². The molecule has 0 radical (unpaired) electrons. The zero-order valence-electron chi connectivity index (χ0n) is 13.5. The van der Waals surface area contributed by atoms with Crippen molar-refractivity contribution in [2.75, 3.05) is 50.8 Å². The van der Waals surface area contributed by atoms with Crippen LogP contribution in [0.15, 0.2) is 0 Å². The topological polar surface area (TPSA) is 84.0 Å². The van der Waals surface area contributed by atoms with Crippen LogP contribution in [0.2, 0.25) is 0 Å². The summed E-state index contributed by atoms with van der Waals surface area (Å²) in [6.07, 6.45) is 5.51. The average molecular weight is 346 g/mol. The molecule has 2 saturated heterocycles. The number of esters is 1. The summed E-state index contributed by atoms with van der Waals surface area (Å²) in [6.45, 7) is 1.99. The van der Waals surface area contributed by atoms with Crippen LogP contribution in [-0.4, -0.2) is 80.9 Å². The van der Waals surface area contributed by atoms with E-state index in [0.717, 1.165) is 38.8 Å². The van der Waals surface area contributed by atoms with Crippen LogP contribution < -0.4 is 0 Å². The van der Waals surface area contributed by atoms with Crippen molar-refractivity contribution in [3.05, 3.63) is 0 Å². The highest BCUT2D eigenvalue weighted by Crippen LogP contribution is 2.10. The molecule has 2 rings (SSSR count). The van der Waals surface area contributed by atoms with Crippen LogP contribution in [0.1, 0.15) is 32.1 Å². The number of carbonyl (C=O) groups excluding carboxylic acids is 2. The van der Waals surface area contributed by atoms with Gasteiger partial charge in [-0.2, -0.15) is 0 Å². The Hall–Kier alpha value is -1.15. The number of hydrogen-bond acceptors (Lipinski definition) is 6. The molecule has 8 heteroatoms. The lowest BCUT2D eigenvalue weighted by atomic mass is 10.1. The third-order valence-electron chi connectivity index (χ3n) is 4.36. The molecule has 0 bridgehead atoms. The second-order valence-electron chi connectivity index (χ2n) is 6.24. The van der Waals surface area contributed by atoms with Gasteiger partial charge in [0.05, 0.1) is 18.1 Å². The average Bonchev–Trinajstić information content (AvgIpc) is 2.47. The van der Waals surface area contributed by atoms with Gasteiger partial charge >= 0.3 is 5.97 Å². The number of hydrogen-bond donors (Lipinski definition) is 0. The molecule has 0 atom stereocenters. The van der Waals surface area contributed by atoms with Gasteiger partial charge in [0.2, 0.25) is 0 Å². The van der Waals surface area contributed by atoms with E-state index in [2.05, 4.69) is 0 Å². The Kier molecular flexibility index (Phi) is 6.83. The van der Waals surface area contributed by atoms with Crippen LogP contribution in [0, 0.1) is 0 Å². The predicted molar refractivity (Wildman–Crippen MR) is 85.7 cm³/mol. The SMILES string of the molecule is O=C(CN1CCS(=O)(=O)CC1)OCC(=O)N1CCCCCCC1. The van der Waals surface area contributed by atoms with Gasteiger partial charge in [0.1, 0.15) is 0 Å². The molecule has 2 heterocycles. The first-order valence-electron chi connectivity index (χ1n) is 8.32. The summed E-state index contributed by atoms with van der Waals surface area (Å²) in [5.41, 5.74) is 0. The van der Waals surface area contributed by atoms with Gasteiger partial charge in [-0.1, -0.05) is 19.3 Å². The largest absolute Gasteiger partial charge is 0.455 e. The Morgan fingerprint density at radius 3 is 2.04 bits per heavy atom. The normalized spacial score (nSPS) is 22.9. The molecule has 23 heavy (non-hydrogen) atoms. The van der Waals surface area contributed by atoms with Crippen molar-refractivity contribution in [2.45, 2.75) is 32.1 Å². The summed E-state index contributed by atoms with van der Waals surface area (Å²) in [5, 5.41) is 0. The van der Waals surface area contributed by atoms with Crippen LogP contribution in [0.5, 0.6) is 0 Å². The molecule has 7 nitrogen and oxygen atoms in total. The smallest absolute Gasteiger partial charge is 0.320 e. The Bertz CT molecular complexity index is 498. The van der Waals surface area contributed by atoms with E-state index >= 15 is 0 Å². The van der Waals surface area contributed by atoms with Crippen LogP contribution in [0.25, 0.3) is 0 Å². The maximum Gasteiger partial charge on any atom is 0.320 e. The van der Waals surface area contributed by atoms with Crippen molar-refractivity contribution in [3.63, 3.8) is 0 Å². The summed E-state index contributed by atoms with van der Waals surface area (Å²) in [4.78, 5) is 27.4. The van der Waals surface area contributed by atoms with Crippen LogP contribution >= 0.6 is 0 Å². The molecule has 0 aliphatic carbocycles. The lowest BCUT2D eigenvalue weighted by molar-refractivity contribution is -0.153. The lowest BCUT2D eigenvalue weighted by Gasteiger charge is -2.26. The quantitative estimate of drug-likeness (QED) is 0.669. The molecule has 1 amide bonds. The fourth-order valence-electron chi connectivity index (χ4n) is 2.87. The van der Waals surface area contributed by atoms with Crippen molar-refractivity contribution in [2.24, 2.45) is 0 Å². The Morgan fingerprint density at radius 1 is 0.870 bits per heavy atom. The Balaban J connectivity index is 1.68.